The van der Waals surface area contributed by atoms with E-state index in [9.17, 15) is 9.59 Å². The average Bonchev–Trinajstić information content (AvgIpc) is 2.78. The lowest BCUT2D eigenvalue weighted by molar-refractivity contribution is -0.120. The van der Waals surface area contributed by atoms with Gasteiger partial charge in [0.2, 0.25) is 5.91 Å². The number of likely N-dealkylation sites (N-methyl/N-ethyl adjacent to an activating group) is 1. The van der Waals surface area contributed by atoms with Gasteiger partial charge in [-0.3, -0.25) is 9.69 Å². The molecule has 1 aliphatic rings. The molecule has 1 heterocycles. The van der Waals surface area contributed by atoms with Gasteiger partial charge in [0.25, 0.3) is 0 Å². The van der Waals surface area contributed by atoms with Gasteiger partial charge in [-0.15, -0.1) is 0 Å². The maximum absolute atomic E-state index is 11.4. The molecule has 1 N–H and O–H groups in total. The summed E-state index contributed by atoms with van der Waals surface area (Å²) in [5.41, 5.74) is -0.507. The first-order valence-corrected chi connectivity index (χ1v) is 4.56. The summed E-state index contributed by atoms with van der Waals surface area (Å²) in [6, 6.07) is -0.338. The van der Waals surface area contributed by atoms with E-state index >= 15 is 0 Å². The third-order valence-corrected chi connectivity index (χ3v) is 1.79. The summed E-state index contributed by atoms with van der Waals surface area (Å²) >= 11 is 0. The Kier molecular flexibility index (Phi) is 2.69. The minimum Gasteiger partial charge on any atom is -0.444 e. The normalized spacial score (nSPS) is 20.3. The van der Waals surface area contributed by atoms with Crippen molar-refractivity contribution in [2.75, 3.05) is 13.6 Å². The quantitative estimate of drug-likeness (QED) is 0.621. The standard InChI is InChI=1S/C9H16N2O3/c1-9(2,3)14-8(13)11-5-6(11)7(12)10-4/h6H,5H2,1-4H3,(H,10,12)/t6-,11?/m0/s1. The van der Waals surface area contributed by atoms with E-state index in [4.69, 9.17) is 4.74 Å². The Balaban J connectivity index is 2.40. The monoisotopic (exact) mass is 200 g/mol. The topological polar surface area (TPSA) is 58.4 Å². The molecule has 0 aromatic rings. The molecule has 0 unspecified atom stereocenters. The van der Waals surface area contributed by atoms with Crippen molar-refractivity contribution < 1.29 is 14.3 Å². The van der Waals surface area contributed by atoms with Crippen molar-refractivity contribution in [2.45, 2.75) is 32.4 Å². The van der Waals surface area contributed by atoms with Gasteiger partial charge in [-0.1, -0.05) is 0 Å². The fraction of sp³-hybridized carbons (Fsp3) is 0.778. The molecular weight excluding hydrogens is 184 g/mol. The minimum atomic E-state index is -0.507. The molecule has 80 valence electrons. The van der Waals surface area contributed by atoms with E-state index in [2.05, 4.69) is 5.32 Å². The van der Waals surface area contributed by atoms with Crippen LogP contribution >= 0.6 is 0 Å². The summed E-state index contributed by atoms with van der Waals surface area (Å²) in [6.07, 6.45) is -0.425. The molecule has 1 saturated heterocycles. The predicted octanol–water partition coefficient (Wildman–Crippen LogP) is 0.352. The van der Waals surface area contributed by atoms with Crippen LogP contribution in [0.5, 0.6) is 0 Å². The highest BCUT2D eigenvalue weighted by Crippen LogP contribution is 2.21. The van der Waals surface area contributed by atoms with Crippen LogP contribution in [0.3, 0.4) is 0 Å². The van der Waals surface area contributed by atoms with Gasteiger partial charge in [0.05, 0.1) is 6.54 Å². The summed E-state index contributed by atoms with van der Waals surface area (Å²) in [5.74, 6) is -0.143. The minimum absolute atomic E-state index is 0.143. The first kappa shape index (κ1) is 10.8. The van der Waals surface area contributed by atoms with Crippen LogP contribution in [-0.2, 0) is 9.53 Å². The van der Waals surface area contributed by atoms with Crippen molar-refractivity contribution in [3.63, 3.8) is 0 Å². The van der Waals surface area contributed by atoms with E-state index in [1.165, 1.54) is 4.90 Å². The molecule has 1 fully saturated rings. The predicted molar refractivity (Wildman–Crippen MR) is 50.8 cm³/mol. The fourth-order valence-corrected chi connectivity index (χ4v) is 1.05. The zero-order valence-electron chi connectivity index (χ0n) is 8.96. The number of amides is 2. The fourth-order valence-electron chi connectivity index (χ4n) is 1.05. The number of hydrogen-bond acceptors (Lipinski definition) is 3. The van der Waals surface area contributed by atoms with Crippen molar-refractivity contribution in [1.82, 2.24) is 10.2 Å². The highest BCUT2D eigenvalue weighted by molar-refractivity contribution is 5.90. The summed E-state index contributed by atoms with van der Waals surface area (Å²) in [4.78, 5) is 23.9. The Morgan fingerprint density at radius 2 is 2.00 bits per heavy atom. The van der Waals surface area contributed by atoms with Gasteiger partial charge in [0, 0.05) is 7.05 Å². The van der Waals surface area contributed by atoms with E-state index in [1.807, 2.05) is 0 Å². The number of carbonyl (C=O) groups is 2. The molecule has 0 radical (unpaired) electrons. The molecule has 0 aromatic heterocycles. The Bertz CT molecular complexity index is 257. The van der Waals surface area contributed by atoms with E-state index in [0.29, 0.717) is 6.54 Å². The molecule has 1 atom stereocenters. The van der Waals surface area contributed by atoms with Crippen molar-refractivity contribution >= 4 is 12.0 Å². The number of hydrogen-bond donors (Lipinski definition) is 1. The van der Waals surface area contributed by atoms with Crippen molar-refractivity contribution in [2.24, 2.45) is 0 Å². The zero-order chi connectivity index (χ0) is 10.9. The van der Waals surface area contributed by atoms with Crippen LogP contribution in [0.1, 0.15) is 20.8 Å². The van der Waals surface area contributed by atoms with Crippen LogP contribution in [0.2, 0.25) is 0 Å². The highest BCUT2D eigenvalue weighted by Gasteiger charge is 2.45. The van der Waals surface area contributed by atoms with Crippen LogP contribution in [0.15, 0.2) is 0 Å². The number of nitrogens with one attached hydrogen (secondary N) is 1. The molecule has 2 amide bonds. The smallest absolute Gasteiger partial charge is 0.411 e. The van der Waals surface area contributed by atoms with E-state index < -0.39 is 11.7 Å². The van der Waals surface area contributed by atoms with Crippen molar-refractivity contribution in [3.8, 4) is 0 Å². The molecule has 5 nitrogen and oxygen atoms in total. The Hall–Kier alpha value is -1.26. The molecule has 0 aromatic carbocycles. The number of nitrogens with zero attached hydrogens (tertiary/aromatic N) is 1. The summed E-state index contributed by atoms with van der Waals surface area (Å²) in [6.45, 7) is 5.84. The number of rotatable bonds is 1. The lowest BCUT2D eigenvalue weighted by atomic mass is 10.2. The zero-order valence-corrected chi connectivity index (χ0v) is 8.96. The second-order valence-electron chi connectivity index (χ2n) is 4.26. The van der Waals surface area contributed by atoms with Crippen molar-refractivity contribution in [1.29, 1.82) is 0 Å². The van der Waals surface area contributed by atoms with Crippen LogP contribution in [0, 0.1) is 0 Å². The average molecular weight is 200 g/mol. The van der Waals surface area contributed by atoms with E-state index in [0.717, 1.165) is 0 Å². The van der Waals surface area contributed by atoms with Gasteiger partial charge < -0.3 is 10.1 Å². The van der Waals surface area contributed by atoms with Crippen LogP contribution in [0.25, 0.3) is 0 Å². The largest absolute Gasteiger partial charge is 0.444 e. The molecule has 1 aliphatic heterocycles. The van der Waals surface area contributed by atoms with Gasteiger partial charge in [0.1, 0.15) is 11.6 Å². The van der Waals surface area contributed by atoms with Gasteiger partial charge in [-0.2, -0.15) is 0 Å². The summed E-state index contributed by atoms with van der Waals surface area (Å²) in [7, 11) is 1.55. The van der Waals surface area contributed by atoms with Crippen molar-refractivity contribution in [3.05, 3.63) is 0 Å². The summed E-state index contributed by atoms with van der Waals surface area (Å²) in [5, 5.41) is 2.49. The van der Waals surface area contributed by atoms with Gasteiger partial charge >= 0.3 is 6.09 Å². The van der Waals surface area contributed by atoms with Gasteiger partial charge in [-0.25, -0.2) is 4.79 Å². The number of carbonyl (C=O) groups excluding carboxylic acids is 2. The Morgan fingerprint density at radius 1 is 1.43 bits per heavy atom. The number of ether oxygens (including phenoxy) is 1. The lowest BCUT2D eigenvalue weighted by Gasteiger charge is -2.19. The highest BCUT2D eigenvalue weighted by atomic mass is 16.6. The van der Waals surface area contributed by atoms with E-state index in [-0.39, 0.29) is 11.9 Å². The van der Waals surface area contributed by atoms with Gasteiger partial charge in [0.15, 0.2) is 0 Å². The third kappa shape index (κ3) is 2.61. The molecule has 0 aliphatic carbocycles. The molecule has 0 bridgehead atoms. The van der Waals surface area contributed by atoms with Gasteiger partial charge in [-0.05, 0) is 20.8 Å². The van der Waals surface area contributed by atoms with Crippen LogP contribution in [-0.4, -0.2) is 42.1 Å². The van der Waals surface area contributed by atoms with E-state index in [1.54, 1.807) is 27.8 Å². The lowest BCUT2D eigenvalue weighted by Crippen LogP contribution is -2.32. The second kappa shape index (κ2) is 3.48. The second-order valence-corrected chi connectivity index (χ2v) is 4.26. The molecule has 0 saturated carbocycles. The first-order valence-electron chi connectivity index (χ1n) is 4.56. The van der Waals surface area contributed by atoms with Crippen LogP contribution < -0.4 is 5.32 Å². The Labute approximate surface area is 83.4 Å². The molecule has 14 heavy (non-hydrogen) atoms. The first-order chi connectivity index (χ1) is 6.35. The molecular formula is C9H16N2O3. The van der Waals surface area contributed by atoms with Crippen LogP contribution in [0.4, 0.5) is 4.79 Å². The Morgan fingerprint density at radius 3 is 2.43 bits per heavy atom. The maximum Gasteiger partial charge on any atom is 0.411 e. The molecule has 0 spiro atoms. The SMILES string of the molecule is CNC(=O)[C@@H]1CN1C(=O)OC(C)(C)C. The molecule has 1 rings (SSSR count). The summed E-state index contributed by atoms with van der Waals surface area (Å²) < 4.78 is 5.09. The maximum atomic E-state index is 11.4. The third-order valence-electron chi connectivity index (χ3n) is 1.79. The molecule has 5 heteroatoms.